The Kier molecular flexibility index (Phi) is 6.54. The first kappa shape index (κ1) is 16.3. The average molecular weight is 325 g/mol. The van der Waals surface area contributed by atoms with Gasteiger partial charge in [0, 0.05) is 18.4 Å². The Labute approximate surface area is 135 Å². The van der Waals surface area contributed by atoms with Crippen molar-refractivity contribution in [3.05, 3.63) is 39.6 Å². The summed E-state index contributed by atoms with van der Waals surface area (Å²) in [7, 11) is 0. The molecule has 0 aromatic carbocycles. The van der Waals surface area contributed by atoms with Crippen LogP contribution < -0.4 is 5.32 Å². The molecule has 2 heterocycles. The van der Waals surface area contributed by atoms with Crippen LogP contribution in [0.1, 0.15) is 48.9 Å². The second-order valence-corrected chi connectivity index (χ2v) is 6.20. The zero-order chi connectivity index (χ0) is 15.1. The number of pyridine rings is 1. The molecule has 0 aliphatic rings. The number of hydrogen-bond acceptors (Lipinski definition) is 5. The lowest BCUT2D eigenvalue weighted by Gasteiger charge is -2.18. The number of aryl methyl sites for hydroxylation is 1. The third-order valence-corrected chi connectivity index (χ3v) is 4.53. The van der Waals surface area contributed by atoms with Crippen molar-refractivity contribution in [2.45, 2.75) is 45.6 Å². The van der Waals surface area contributed by atoms with Gasteiger partial charge in [-0.25, -0.2) is 0 Å². The zero-order valence-electron chi connectivity index (χ0n) is 12.5. The van der Waals surface area contributed by atoms with Gasteiger partial charge in [-0.2, -0.15) is 0 Å². The fraction of sp³-hybridized carbons (Fsp3) is 0.533. The van der Waals surface area contributed by atoms with Gasteiger partial charge in [0.1, 0.15) is 0 Å². The third kappa shape index (κ3) is 4.46. The highest BCUT2D eigenvalue weighted by Gasteiger charge is 2.19. The quantitative estimate of drug-likeness (QED) is 0.802. The minimum Gasteiger partial charge on any atom is -0.309 e. The summed E-state index contributed by atoms with van der Waals surface area (Å²) in [5, 5.41) is 8.60. The van der Waals surface area contributed by atoms with Crippen molar-refractivity contribution in [1.29, 1.82) is 0 Å². The molecule has 1 unspecified atom stereocenters. The molecule has 0 saturated carbocycles. The van der Waals surface area contributed by atoms with E-state index in [9.17, 15) is 0 Å². The first-order chi connectivity index (χ1) is 10.3. The number of halogens is 1. The maximum absolute atomic E-state index is 6.25. The van der Waals surface area contributed by atoms with Crippen LogP contribution in [0, 0.1) is 0 Å². The molecule has 0 aliphatic heterocycles. The maximum Gasteiger partial charge on any atom is 0.0803 e. The summed E-state index contributed by atoms with van der Waals surface area (Å²) in [5.41, 5.74) is 2.22. The summed E-state index contributed by atoms with van der Waals surface area (Å²) in [6, 6.07) is 2.20. The van der Waals surface area contributed by atoms with Crippen molar-refractivity contribution in [1.82, 2.24) is 19.9 Å². The number of rotatable bonds is 8. The third-order valence-electron chi connectivity index (χ3n) is 3.31. The molecule has 0 bridgehead atoms. The Bertz CT molecular complexity index is 558. The molecule has 2 aromatic rings. The molecule has 1 atom stereocenters. The smallest absolute Gasteiger partial charge is 0.0803 e. The van der Waals surface area contributed by atoms with E-state index in [-0.39, 0.29) is 6.04 Å². The van der Waals surface area contributed by atoms with Crippen LogP contribution in [0.5, 0.6) is 0 Å². The second-order valence-electron chi connectivity index (χ2n) is 5.01. The van der Waals surface area contributed by atoms with Gasteiger partial charge in [0.2, 0.25) is 0 Å². The average Bonchev–Trinajstić information content (AvgIpc) is 2.94. The van der Waals surface area contributed by atoms with E-state index in [0.29, 0.717) is 0 Å². The van der Waals surface area contributed by atoms with Crippen LogP contribution in [0.3, 0.4) is 0 Å². The summed E-state index contributed by atoms with van der Waals surface area (Å²) in [6.45, 7) is 5.30. The van der Waals surface area contributed by atoms with E-state index in [1.54, 1.807) is 12.4 Å². The minimum atomic E-state index is 0.214. The van der Waals surface area contributed by atoms with Gasteiger partial charge in [0.15, 0.2) is 0 Å². The van der Waals surface area contributed by atoms with Crippen LogP contribution >= 0.6 is 23.1 Å². The van der Waals surface area contributed by atoms with Gasteiger partial charge in [-0.05, 0) is 49.0 Å². The number of nitrogens with zero attached hydrogens (tertiary/aromatic N) is 3. The highest BCUT2D eigenvalue weighted by Crippen LogP contribution is 2.27. The normalized spacial score (nSPS) is 12.5. The summed E-state index contributed by atoms with van der Waals surface area (Å²) < 4.78 is 4.14. The Morgan fingerprint density at radius 3 is 2.90 bits per heavy atom. The molecule has 21 heavy (non-hydrogen) atoms. The summed E-state index contributed by atoms with van der Waals surface area (Å²) in [4.78, 5) is 5.28. The molecular formula is C15H21ClN4S. The first-order valence-electron chi connectivity index (χ1n) is 7.39. The van der Waals surface area contributed by atoms with Crippen LogP contribution in [0.2, 0.25) is 5.02 Å². The molecule has 0 fully saturated rings. The van der Waals surface area contributed by atoms with E-state index in [1.807, 2.05) is 6.07 Å². The molecule has 0 radical (unpaired) electrons. The van der Waals surface area contributed by atoms with Crippen LogP contribution in [0.4, 0.5) is 0 Å². The zero-order valence-corrected chi connectivity index (χ0v) is 14.0. The highest BCUT2D eigenvalue weighted by molar-refractivity contribution is 7.05. The molecule has 2 rings (SSSR count). The molecule has 0 saturated heterocycles. The van der Waals surface area contributed by atoms with Gasteiger partial charge in [0.05, 0.1) is 15.6 Å². The molecule has 0 spiro atoms. The molecule has 4 nitrogen and oxygen atoms in total. The standard InChI is InChI=1S/C15H21ClN4S/c1-3-5-13-15(21-20-19-13)14(18-7-4-2)9-11-6-8-17-10-12(11)16/h6,8,10,14,18H,3-5,7,9H2,1-2H3. The van der Waals surface area contributed by atoms with E-state index in [0.717, 1.165) is 48.5 Å². The fourth-order valence-electron chi connectivity index (χ4n) is 2.26. The topological polar surface area (TPSA) is 50.7 Å². The van der Waals surface area contributed by atoms with Crippen LogP contribution in [-0.4, -0.2) is 21.1 Å². The number of nitrogens with one attached hydrogen (secondary N) is 1. The fourth-order valence-corrected chi connectivity index (χ4v) is 3.22. The van der Waals surface area contributed by atoms with Crippen LogP contribution in [0.15, 0.2) is 18.5 Å². The molecule has 0 amide bonds. The van der Waals surface area contributed by atoms with Gasteiger partial charge in [-0.3, -0.25) is 4.98 Å². The van der Waals surface area contributed by atoms with E-state index in [1.165, 1.54) is 16.4 Å². The van der Waals surface area contributed by atoms with E-state index in [4.69, 9.17) is 11.6 Å². The maximum atomic E-state index is 6.25. The molecule has 6 heteroatoms. The van der Waals surface area contributed by atoms with E-state index in [2.05, 4.69) is 33.7 Å². The monoisotopic (exact) mass is 324 g/mol. The van der Waals surface area contributed by atoms with Gasteiger partial charge < -0.3 is 5.32 Å². The van der Waals surface area contributed by atoms with Crippen LogP contribution in [-0.2, 0) is 12.8 Å². The van der Waals surface area contributed by atoms with Gasteiger partial charge in [-0.15, -0.1) is 5.10 Å². The van der Waals surface area contributed by atoms with Gasteiger partial charge in [-0.1, -0.05) is 36.4 Å². The molecular weight excluding hydrogens is 304 g/mol. The largest absolute Gasteiger partial charge is 0.309 e. The lowest BCUT2D eigenvalue weighted by Crippen LogP contribution is -2.24. The Morgan fingerprint density at radius 1 is 1.33 bits per heavy atom. The minimum absolute atomic E-state index is 0.214. The molecule has 114 valence electrons. The second kappa shape index (κ2) is 8.41. The highest BCUT2D eigenvalue weighted by atomic mass is 35.5. The van der Waals surface area contributed by atoms with E-state index >= 15 is 0 Å². The summed E-state index contributed by atoms with van der Waals surface area (Å²) in [6.07, 6.45) is 7.47. The molecule has 2 aromatic heterocycles. The Hall–Kier alpha value is -1.04. The number of hydrogen-bond donors (Lipinski definition) is 1. The Morgan fingerprint density at radius 2 is 2.19 bits per heavy atom. The van der Waals surface area contributed by atoms with E-state index < -0.39 is 0 Å². The van der Waals surface area contributed by atoms with Gasteiger partial charge >= 0.3 is 0 Å². The SMILES string of the molecule is CCCNC(Cc1ccncc1Cl)c1snnc1CCC. The molecule has 0 aliphatic carbocycles. The van der Waals surface area contributed by atoms with Crippen molar-refractivity contribution in [2.75, 3.05) is 6.54 Å². The predicted octanol–water partition coefficient (Wildman–Crippen LogP) is 3.82. The number of aromatic nitrogens is 3. The Balaban J connectivity index is 2.21. The lowest BCUT2D eigenvalue weighted by molar-refractivity contribution is 0.531. The van der Waals surface area contributed by atoms with Crippen molar-refractivity contribution in [3.63, 3.8) is 0 Å². The molecule has 1 N–H and O–H groups in total. The summed E-state index contributed by atoms with van der Waals surface area (Å²) >= 11 is 7.74. The van der Waals surface area contributed by atoms with Crippen molar-refractivity contribution >= 4 is 23.1 Å². The van der Waals surface area contributed by atoms with Gasteiger partial charge in [0.25, 0.3) is 0 Å². The first-order valence-corrected chi connectivity index (χ1v) is 8.54. The van der Waals surface area contributed by atoms with Crippen LogP contribution in [0.25, 0.3) is 0 Å². The van der Waals surface area contributed by atoms with Crippen molar-refractivity contribution in [2.24, 2.45) is 0 Å². The van der Waals surface area contributed by atoms with Crippen molar-refractivity contribution < 1.29 is 0 Å². The predicted molar refractivity (Wildman–Crippen MR) is 87.9 cm³/mol. The van der Waals surface area contributed by atoms with Crippen molar-refractivity contribution in [3.8, 4) is 0 Å². The summed E-state index contributed by atoms with van der Waals surface area (Å²) in [5.74, 6) is 0. The lowest BCUT2D eigenvalue weighted by atomic mass is 10.0.